The molecule has 0 bridgehead atoms. The topological polar surface area (TPSA) is 52.8 Å². The molecular weight excluding hydrogens is 383 g/mol. The van der Waals surface area contributed by atoms with Gasteiger partial charge in [0.05, 0.1) is 26.7 Å². The van der Waals surface area contributed by atoms with E-state index >= 15 is 0 Å². The summed E-state index contributed by atoms with van der Waals surface area (Å²) in [6, 6.07) is 9.04. The summed E-state index contributed by atoms with van der Waals surface area (Å²) in [5.41, 5.74) is 1.59. The van der Waals surface area contributed by atoms with Crippen molar-refractivity contribution < 1.29 is 14.3 Å². The molecule has 4 rings (SSSR count). The zero-order valence-electron chi connectivity index (χ0n) is 13.1. The second-order valence-corrected chi connectivity index (χ2v) is 7.32. The van der Waals surface area contributed by atoms with Gasteiger partial charge in [0.1, 0.15) is 0 Å². The maximum Gasteiger partial charge on any atom is 0.252 e. The number of rotatable bonds is 2. The molecule has 25 heavy (non-hydrogen) atoms. The molecule has 3 aromatic rings. The van der Waals surface area contributed by atoms with Crippen LogP contribution in [0, 0.1) is 0 Å². The average Bonchev–Trinajstić information content (AvgIpc) is 3.16. The Hall–Kier alpha value is -2.02. The van der Waals surface area contributed by atoms with E-state index in [2.05, 4.69) is 4.99 Å². The number of carbonyl (C=O) groups is 1. The van der Waals surface area contributed by atoms with Gasteiger partial charge >= 0.3 is 0 Å². The smallest absolute Gasteiger partial charge is 0.252 e. The molecule has 2 heterocycles. The number of nitrogens with zero attached hydrogens (tertiary/aromatic N) is 2. The normalized spacial score (nSPS) is 13.6. The Balaban J connectivity index is 1.66. The summed E-state index contributed by atoms with van der Waals surface area (Å²) in [4.78, 5) is 17.2. The Morgan fingerprint density at radius 3 is 2.88 bits per heavy atom. The van der Waals surface area contributed by atoms with Crippen LogP contribution in [-0.2, 0) is 18.3 Å². The van der Waals surface area contributed by atoms with Crippen molar-refractivity contribution in [3.05, 3.63) is 50.7 Å². The zero-order chi connectivity index (χ0) is 17.6. The lowest BCUT2D eigenvalue weighted by Crippen LogP contribution is -2.14. The van der Waals surface area contributed by atoms with Gasteiger partial charge in [-0.2, -0.15) is 4.99 Å². The third-order valence-corrected chi connectivity index (χ3v) is 5.76. The summed E-state index contributed by atoms with van der Waals surface area (Å²) >= 11 is 13.7. The van der Waals surface area contributed by atoms with Crippen LogP contribution in [0.2, 0.25) is 10.0 Å². The second kappa shape index (κ2) is 6.37. The van der Waals surface area contributed by atoms with Crippen LogP contribution in [0.5, 0.6) is 11.5 Å². The number of fused-ring (bicyclic) bond motifs is 2. The molecular formula is C17H12Cl2N2O3S. The predicted molar refractivity (Wildman–Crippen MR) is 97.7 cm³/mol. The molecule has 1 aliphatic heterocycles. The summed E-state index contributed by atoms with van der Waals surface area (Å²) in [7, 11) is 1.81. The summed E-state index contributed by atoms with van der Waals surface area (Å²) in [6.07, 6.45) is 0.180. The Morgan fingerprint density at radius 2 is 2.04 bits per heavy atom. The largest absolute Gasteiger partial charge is 0.454 e. The van der Waals surface area contributed by atoms with Crippen LogP contribution in [0.15, 0.2) is 35.3 Å². The Morgan fingerprint density at radius 1 is 1.24 bits per heavy atom. The van der Waals surface area contributed by atoms with Gasteiger partial charge in [0, 0.05) is 7.05 Å². The van der Waals surface area contributed by atoms with Crippen LogP contribution < -0.4 is 14.3 Å². The second-order valence-electron chi connectivity index (χ2n) is 5.52. The summed E-state index contributed by atoms with van der Waals surface area (Å²) < 4.78 is 13.3. The summed E-state index contributed by atoms with van der Waals surface area (Å²) in [6.45, 7) is 0.206. The van der Waals surface area contributed by atoms with Crippen LogP contribution >= 0.6 is 34.5 Å². The fourth-order valence-electron chi connectivity index (χ4n) is 2.65. The monoisotopic (exact) mass is 394 g/mol. The van der Waals surface area contributed by atoms with Gasteiger partial charge in [-0.25, -0.2) is 0 Å². The highest BCUT2D eigenvalue weighted by molar-refractivity contribution is 7.16. The van der Waals surface area contributed by atoms with E-state index in [9.17, 15) is 4.79 Å². The van der Waals surface area contributed by atoms with Crippen LogP contribution in [0.1, 0.15) is 5.56 Å². The molecule has 0 aliphatic carbocycles. The zero-order valence-corrected chi connectivity index (χ0v) is 15.4. The van der Waals surface area contributed by atoms with E-state index in [1.165, 1.54) is 11.3 Å². The van der Waals surface area contributed by atoms with Crippen LogP contribution in [0.3, 0.4) is 0 Å². The maximum absolute atomic E-state index is 12.4. The highest BCUT2D eigenvalue weighted by Gasteiger charge is 2.15. The number of hydrogen-bond acceptors (Lipinski definition) is 4. The van der Waals surface area contributed by atoms with Gasteiger partial charge in [0.2, 0.25) is 6.79 Å². The molecule has 0 saturated heterocycles. The Bertz CT molecular complexity index is 1070. The Kier molecular flexibility index (Phi) is 4.19. The Labute approximate surface area is 157 Å². The van der Waals surface area contributed by atoms with E-state index in [0.717, 1.165) is 15.8 Å². The number of thiazole rings is 1. The lowest BCUT2D eigenvalue weighted by atomic mass is 10.1. The molecule has 0 N–H and O–H groups in total. The number of aryl methyl sites for hydroxylation is 1. The predicted octanol–water partition coefficient (Wildman–Crippen LogP) is 3.95. The summed E-state index contributed by atoms with van der Waals surface area (Å²) in [5.74, 6) is 1.10. The molecule has 0 saturated carbocycles. The molecule has 1 aromatic heterocycles. The minimum absolute atomic E-state index is 0.180. The van der Waals surface area contributed by atoms with Gasteiger partial charge in [-0.15, -0.1) is 0 Å². The molecule has 128 valence electrons. The molecule has 2 aromatic carbocycles. The van der Waals surface area contributed by atoms with Gasteiger partial charge in [-0.3, -0.25) is 4.79 Å². The first-order chi connectivity index (χ1) is 12.0. The van der Waals surface area contributed by atoms with Crippen LogP contribution in [0.4, 0.5) is 0 Å². The minimum Gasteiger partial charge on any atom is -0.454 e. The first kappa shape index (κ1) is 16.4. The molecule has 1 aliphatic rings. The van der Waals surface area contributed by atoms with E-state index in [-0.39, 0.29) is 19.1 Å². The van der Waals surface area contributed by atoms with Crippen molar-refractivity contribution in [3.63, 3.8) is 0 Å². The van der Waals surface area contributed by atoms with Crippen molar-refractivity contribution in [3.8, 4) is 11.5 Å². The van der Waals surface area contributed by atoms with Gasteiger partial charge in [-0.05, 0) is 29.8 Å². The third kappa shape index (κ3) is 3.01. The number of ether oxygens (including phenoxy) is 2. The number of hydrogen-bond donors (Lipinski definition) is 0. The van der Waals surface area contributed by atoms with Gasteiger partial charge in [0.25, 0.3) is 5.91 Å². The molecule has 0 spiro atoms. The highest BCUT2D eigenvalue weighted by Crippen LogP contribution is 2.33. The van der Waals surface area contributed by atoms with Gasteiger partial charge < -0.3 is 14.0 Å². The fraction of sp³-hybridized carbons (Fsp3) is 0.176. The maximum atomic E-state index is 12.4. The number of benzene rings is 2. The van der Waals surface area contributed by atoms with Crippen molar-refractivity contribution in [1.29, 1.82) is 0 Å². The standard InChI is InChI=1S/C17H12Cl2N2O3S/c1-21-16-13(5-3-10(18)15(16)19)25-17(21)20-14(22)7-9-2-4-11-12(6-9)24-8-23-11/h2-6H,7-8H2,1H3. The first-order valence-corrected chi connectivity index (χ1v) is 9.00. The quantitative estimate of drug-likeness (QED) is 0.661. The van der Waals surface area contributed by atoms with E-state index in [1.807, 2.05) is 19.2 Å². The van der Waals surface area contributed by atoms with Crippen molar-refractivity contribution in [2.24, 2.45) is 12.0 Å². The molecule has 0 unspecified atom stereocenters. The van der Waals surface area contributed by atoms with Crippen molar-refractivity contribution in [2.75, 3.05) is 6.79 Å². The molecule has 8 heteroatoms. The SMILES string of the molecule is Cn1c(=NC(=O)Cc2ccc3c(c2)OCO3)sc2ccc(Cl)c(Cl)c21. The highest BCUT2D eigenvalue weighted by atomic mass is 35.5. The van der Waals surface area contributed by atoms with Crippen LogP contribution in [-0.4, -0.2) is 17.3 Å². The summed E-state index contributed by atoms with van der Waals surface area (Å²) in [5, 5.41) is 0.934. The molecule has 0 atom stereocenters. The average molecular weight is 395 g/mol. The number of carbonyl (C=O) groups excluding carboxylic acids is 1. The lowest BCUT2D eigenvalue weighted by Gasteiger charge is -2.01. The molecule has 0 fully saturated rings. The lowest BCUT2D eigenvalue weighted by molar-refractivity contribution is -0.117. The van der Waals surface area contributed by atoms with E-state index in [1.54, 1.807) is 22.8 Å². The number of amides is 1. The van der Waals surface area contributed by atoms with Crippen molar-refractivity contribution in [1.82, 2.24) is 4.57 Å². The van der Waals surface area contributed by atoms with E-state index < -0.39 is 0 Å². The van der Waals surface area contributed by atoms with E-state index in [4.69, 9.17) is 32.7 Å². The van der Waals surface area contributed by atoms with E-state index in [0.29, 0.717) is 26.3 Å². The number of aromatic nitrogens is 1. The fourth-order valence-corrected chi connectivity index (χ4v) is 4.19. The first-order valence-electron chi connectivity index (χ1n) is 7.42. The third-order valence-electron chi connectivity index (χ3n) is 3.87. The minimum atomic E-state index is -0.247. The van der Waals surface area contributed by atoms with Crippen molar-refractivity contribution >= 4 is 50.7 Å². The van der Waals surface area contributed by atoms with Gasteiger partial charge in [0.15, 0.2) is 16.3 Å². The molecule has 5 nitrogen and oxygen atoms in total. The van der Waals surface area contributed by atoms with Gasteiger partial charge in [-0.1, -0.05) is 40.6 Å². The molecule has 1 amide bonds. The van der Waals surface area contributed by atoms with Crippen LogP contribution in [0.25, 0.3) is 10.2 Å². The number of halogens is 2. The molecule has 0 radical (unpaired) electrons. The van der Waals surface area contributed by atoms with Crippen molar-refractivity contribution in [2.45, 2.75) is 6.42 Å².